The molecule has 19 nitrogen and oxygen atoms in total. The van der Waals surface area contributed by atoms with Gasteiger partial charge in [0, 0.05) is 42.1 Å². The van der Waals surface area contributed by atoms with Gasteiger partial charge in [0.1, 0.15) is 18.1 Å². The molecule has 58 heavy (non-hydrogen) atoms. The molecule has 23 heteroatoms. The molecule has 0 bridgehead atoms. The van der Waals surface area contributed by atoms with Gasteiger partial charge in [0.15, 0.2) is 35.9 Å². The number of phenols is 1. The van der Waals surface area contributed by atoms with Crippen molar-refractivity contribution >= 4 is 54.7 Å². The normalized spacial score (nSPS) is 23.0. The zero-order chi connectivity index (χ0) is 41.9. The number of amides is 1. The van der Waals surface area contributed by atoms with Gasteiger partial charge in [-0.2, -0.15) is 0 Å². The Morgan fingerprint density at radius 3 is 2.55 bits per heavy atom. The first kappa shape index (κ1) is 43.3. The summed E-state index contributed by atoms with van der Waals surface area (Å²) in [6, 6.07) is 9.65. The van der Waals surface area contributed by atoms with Crippen LogP contribution >= 0.6 is 42.6 Å². The maximum absolute atomic E-state index is 13.1. The van der Waals surface area contributed by atoms with Crippen molar-refractivity contribution in [2.24, 2.45) is 11.1 Å². The monoisotopic (exact) mass is 888 g/mol. The first-order valence-electron chi connectivity index (χ1n) is 17.3. The number of halogens is 3. The molecule has 2 saturated heterocycles. The number of aryl methyl sites for hydroxylation is 1. The molecular formula is C35H36Cl3N4O15P. The second-order valence-corrected chi connectivity index (χ2v) is 15.7. The summed E-state index contributed by atoms with van der Waals surface area (Å²) in [4.78, 5) is 57.1. The van der Waals surface area contributed by atoms with Crippen LogP contribution in [0.5, 0.6) is 11.5 Å². The first-order valence-corrected chi connectivity index (χ1v) is 19.9. The van der Waals surface area contributed by atoms with Crippen LogP contribution in [-0.4, -0.2) is 87.0 Å². The van der Waals surface area contributed by atoms with Gasteiger partial charge in [0.05, 0.1) is 53.7 Å². The predicted molar refractivity (Wildman–Crippen MR) is 205 cm³/mol. The highest BCUT2D eigenvalue weighted by Gasteiger charge is 2.41. The van der Waals surface area contributed by atoms with E-state index in [-0.39, 0.29) is 52.1 Å². The minimum Gasteiger partial charge on any atom is -0.503 e. The topological polar surface area (TPSA) is 263 Å². The molecule has 0 spiro atoms. The molecule has 0 aliphatic carbocycles. The van der Waals surface area contributed by atoms with Crippen molar-refractivity contribution in [3.63, 3.8) is 0 Å². The predicted octanol–water partition coefficient (Wildman–Crippen LogP) is 4.22. The Hall–Kier alpha value is -4.24. The highest BCUT2D eigenvalue weighted by molar-refractivity contribution is 7.47. The molecule has 6 rings (SSSR count). The number of ether oxygens (including phenoxy) is 3. The van der Waals surface area contributed by atoms with E-state index in [9.17, 15) is 39.2 Å². The molecular weight excluding hydrogens is 854 g/mol. The number of aromatic amines is 1. The fourth-order valence-electron chi connectivity index (χ4n) is 5.97. The second-order valence-electron chi connectivity index (χ2n) is 13.1. The number of H-pyrrole nitrogens is 1. The molecule has 4 aromatic rings. The van der Waals surface area contributed by atoms with Crippen LogP contribution in [0.4, 0.5) is 0 Å². The largest absolute Gasteiger partial charge is 0.503 e. The summed E-state index contributed by atoms with van der Waals surface area (Å²) in [6.45, 7) is 0.359. The van der Waals surface area contributed by atoms with Gasteiger partial charge in [0.25, 0.3) is 11.5 Å². The van der Waals surface area contributed by atoms with Gasteiger partial charge in [-0.05, 0) is 36.8 Å². The van der Waals surface area contributed by atoms with Crippen LogP contribution in [0.1, 0.15) is 46.3 Å². The van der Waals surface area contributed by atoms with Crippen molar-refractivity contribution in [3.8, 4) is 22.8 Å². The van der Waals surface area contributed by atoms with E-state index < -0.39 is 80.9 Å². The standard InChI is InChI=1S/C35H36Cl3N4O15P/c1-16-3-4-19(21(36)7-16)23-5-6-24(54-23)33(46)39-11-18-13-42(35(48)41-32(18)45)28-10-25(57-40-12-20-22(37)9-26(51-2)31(44)30(20)38)27(55-28)15-53-58(49,50)52-14-17-8-29(43)56-34(17)47/h3-7,9,12-13,17,25,27-29,34,43-44,47H,8,10-11,14-15H2,1-2H3,(H,39,46)(H,49,50)(H,41,45,48)/b40-12+/t17?,25?,27-,28-,29?,34?/m1/s1. The minimum atomic E-state index is -4.82. The Morgan fingerprint density at radius 1 is 1.09 bits per heavy atom. The van der Waals surface area contributed by atoms with Gasteiger partial charge >= 0.3 is 13.5 Å². The number of nitrogens with one attached hydrogen (secondary N) is 2. The van der Waals surface area contributed by atoms with E-state index in [0.717, 1.165) is 16.3 Å². The molecule has 0 saturated carbocycles. The quantitative estimate of drug-likeness (QED) is 0.0555. The molecule has 2 aromatic heterocycles. The van der Waals surface area contributed by atoms with Crippen LogP contribution in [0.15, 0.2) is 61.8 Å². The van der Waals surface area contributed by atoms with Crippen molar-refractivity contribution in [2.45, 2.75) is 57.3 Å². The van der Waals surface area contributed by atoms with Gasteiger partial charge in [-0.25, -0.2) is 9.36 Å². The number of hydrogen-bond acceptors (Lipinski definition) is 15. The lowest BCUT2D eigenvalue weighted by atomic mass is 10.1. The number of phosphoric acid groups is 1. The lowest BCUT2D eigenvalue weighted by Crippen LogP contribution is -2.36. The molecule has 2 aliphatic rings. The molecule has 7 atom stereocenters. The number of furan rings is 1. The Balaban J connectivity index is 1.17. The number of carbonyl (C=O) groups excluding carboxylic acids is 1. The number of aromatic hydroxyl groups is 1. The molecule has 6 N–H and O–H groups in total. The van der Waals surface area contributed by atoms with Crippen LogP contribution in [-0.2, 0) is 34.5 Å². The number of aliphatic hydroxyl groups is 2. The van der Waals surface area contributed by atoms with Crippen molar-refractivity contribution in [1.29, 1.82) is 0 Å². The molecule has 5 unspecified atom stereocenters. The third-order valence-corrected chi connectivity index (χ3v) is 11.0. The number of rotatable bonds is 15. The SMILES string of the molecule is COc1cc(Cl)c(/C=N/OC2C[C@H](n3cc(CNC(=O)c4ccc(-c5ccc(C)cc5Cl)o4)c(=O)[nH]c3=O)O[C@@H]2COP(=O)(O)OCC2CC(O)OC2O)c(Cl)c1O. The third kappa shape index (κ3) is 10.1. The maximum atomic E-state index is 13.1. The molecule has 2 fully saturated rings. The third-order valence-electron chi connectivity index (χ3n) is 9.04. The number of oxime groups is 1. The smallest absolute Gasteiger partial charge is 0.472 e. The summed E-state index contributed by atoms with van der Waals surface area (Å²) in [5.41, 5.74) is -0.196. The Kier molecular flexibility index (Phi) is 13.7. The maximum Gasteiger partial charge on any atom is 0.472 e. The summed E-state index contributed by atoms with van der Waals surface area (Å²) >= 11 is 18.9. The van der Waals surface area contributed by atoms with E-state index in [4.69, 9.17) is 67.3 Å². The van der Waals surface area contributed by atoms with E-state index in [0.29, 0.717) is 16.3 Å². The number of nitrogens with zero attached hydrogens (tertiary/aromatic N) is 2. The van der Waals surface area contributed by atoms with Gasteiger partial charge in [-0.3, -0.25) is 28.2 Å². The average Bonchev–Trinajstić information content (AvgIpc) is 3.90. The van der Waals surface area contributed by atoms with Gasteiger partial charge < -0.3 is 49.0 Å². The number of aliphatic hydroxyl groups excluding tert-OH is 2. The molecule has 4 heterocycles. The first-order chi connectivity index (χ1) is 27.5. The van der Waals surface area contributed by atoms with E-state index in [1.807, 2.05) is 13.0 Å². The molecule has 0 radical (unpaired) electrons. The zero-order valence-electron chi connectivity index (χ0n) is 30.4. The van der Waals surface area contributed by atoms with Crippen molar-refractivity contribution in [2.75, 3.05) is 20.3 Å². The summed E-state index contributed by atoms with van der Waals surface area (Å²) in [7, 11) is -3.52. The summed E-state index contributed by atoms with van der Waals surface area (Å²) < 4.78 is 45.5. The Morgan fingerprint density at radius 2 is 1.84 bits per heavy atom. The van der Waals surface area contributed by atoms with E-state index >= 15 is 0 Å². The van der Waals surface area contributed by atoms with Crippen molar-refractivity contribution in [3.05, 3.63) is 101 Å². The number of phenolic OH excluding ortho intramolecular Hbond substituents is 1. The number of carbonyl (C=O) groups is 1. The number of benzene rings is 2. The number of methoxy groups -OCH3 is 1. The van der Waals surface area contributed by atoms with E-state index in [1.165, 1.54) is 25.4 Å². The van der Waals surface area contributed by atoms with Gasteiger partial charge in [-0.1, -0.05) is 46.0 Å². The van der Waals surface area contributed by atoms with E-state index in [2.05, 4.69) is 15.5 Å². The van der Waals surface area contributed by atoms with Crippen LogP contribution in [0.25, 0.3) is 11.3 Å². The summed E-state index contributed by atoms with van der Waals surface area (Å²) in [6.07, 6.45) is -4.20. The zero-order valence-corrected chi connectivity index (χ0v) is 33.5. The van der Waals surface area contributed by atoms with Crippen LogP contribution in [0.3, 0.4) is 0 Å². The molecule has 312 valence electrons. The lowest BCUT2D eigenvalue weighted by molar-refractivity contribution is -0.170. The van der Waals surface area contributed by atoms with Gasteiger partial charge in [-0.15, -0.1) is 0 Å². The van der Waals surface area contributed by atoms with E-state index in [1.54, 1.807) is 18.2 Å². The number of hydrogen-bond donors (Lipinski definition) is 6. The lowest BCUT2D eigenvalue weighted by Gasteiger charge is -2.20. The molecule has 2 aliphatic heterocycles. The number of phosphoric ester groups is 1. The van der Waals surface area contributed by atoms with Gasteiger partial charge in [0.2, 0.25) is 0 Å². The Labute approximate surface area is 343 Å². The molecule has 1 amide bonds. The van der Waals surface area contributed by atoms with Crippen molar-refractivity contribution < 1.29 is 62.1 Å². The van der Waals surface area contributed by atoms with Crippen molar-refractivity contribution in [1.82, 2.24) is 14.9 Å². The molecule has 2 aromatic carbocycles. The fourth-order valence-corrected chi connectivity index (χ4v) is 7.62. The highest BCUT2D eigenvalue weighted by atomic mass is 35.5. The minimum absolute atomic E-state index is 0.00275. The summed E-state index contributed by atoms with van der Waals surface area (Å²) in [5.74, 6) is -1.63. The Bertz CT molecular complexity index is 2350. The van der Waals surface area contributed by atoms with Crippen LogP contribution in [0.2, 0.25) is 15.1 Å². The number of aromatic nitrogens is 2. The second kappa shape index (κ2) is 18.4. The highest BCUT2D eigenvalue weighted by Crippen LogP contribution is 2.46. The van der Waals surface area contributed by atoms with Crippen LogP contribution in [0, 0.1) is 12.8 Å². The summed E-state index contributed by atoms with van der Waals surface area (Å²) in [5, 5.41) is 36.5. The average molecular weight is 890 g/mol. The fraction of sp³-hybridized carbons (Fsp3) is 0.371. The van der Waals surface area contributed by atoms with Crippen LogP contribution < -0.4 is 21.3 Å².